The van der Waals surface area contributed by atoms with Crippen molar-refractivity contribution >= 4 is 11.3 Å². The van der Waals surface area contributed by atoms with Crippen molar-refractivity contribution in [2.75, 3.05) is 33.3 Å². The predicted molar refractivity (Wildman–Crippen MR) is 129 cm³/mol. The van der Waals surface area contributed by atoms with E-state index >= 15 is 0 Å². The Morgan fingerprint density at radius 2 is 1.76 bits per heavy atom. The Labute approximate surface area is 202 Å². The summed E-state index contributed by atoms with van der Waals surface area (Å²) < 4.78 is 21.1. The number of ether oxygens (including phenoxy) is 1. The first-order valence-electron chi connectivity index (χ1n) is 11.3. The molecule has 176 valence electrons. The molecule has 1 saturated heterocycles. The molecule has 2 aromatic carbocycles. The summed E-state index contributed by atoms with van der Waals surface area (Å²) in [6.45, 7) is 4.97. The van der Waals surface area contributed by atoms with Crippen molar-refractivity contribution in [1.82, 2.24) is 30.0 Å². The van der Waals surface area contributed by atoms with E-state index in [0.717, 1.165) is 49.9 Å². The molecule has 1 aliphatic heterocycles. The van der Waals surface area contributed by atoms with Crippen molar-refractivity contribution in [1.29, 1.82) is 0 Å². The number of halogens is 1. The highest BCUT2D eigenvalue weighted by Gasteiger charge is 2.31. The van der Waals surface area contributed by atoms with Crippen LogP contribution >= 0.6 is 11.3 Å². The molecule has 3 heterocycles. The summed E-state index contributed by atoms with van der Waals surface area (Å²) in [5, 5.41) is 14.7. The zero-order valence-corrected chi connectivity index (χ0v) is 19.9. The van der Waals surface area contributed by atoms with Gasteiger partial charge in [0.05, 0.1) is 19.7 Å². The second-order valence-corrected chi connectivity index (χ2v) is 9.38. The minimum Gasteiger partial charge on any atom is -0.496 e. The normalized spacial score (nSPS) is 15.9. The van der Waals surface area contributed by atoms with Crippen LogP contribution < -0.4 is 4.74 Å². The Balaban J connectivity index is 1.36. The average molecular weight is 479 g/mol. The van der Waals surface area contributed by atoms with Gasteiger partial charge in [-0.1, -0.05) is 36.4 Å². The van der Waals surface area contributed by atoms with Crippen molar-refractivity contribution < 1.29 is 9.13 Å². The van der Waals surface area contributed by atoms with Crippen LogP contribution in [0.4, 0.5) is 4.39 Å². The molecule has 9 heteroatoms. The lowest BCUT2D eigenvalue weighted by molar-refractivity contribution is 0.0997. The van der Waals surface area contributed by atoms with E-state index in [0.29, 0.717) is 6.54 Å². The molecule has 4 aromatic rings. The van der Waals surface area contributed by atoms with E-state index in [4.69, 9.17) is 4.74 Å². The van der Waals surface area contributed by atoms with Crippen LogP contribution in [0.25, 0.3) is 0 Å². The number of aromatic nitrogens is 4. The number of thiophene rings is 1. The van der Waals surface area contributed by atoms with Gasteiger partial charge in [0, 0.05) is 43.2 Å². The number of nitrogens with zero attached hydrogens (tertiary/aromatic N) is 6. The number of hydrogen-bond acceptors (Lipinski definition) is 7. The summed E-state index contributed by atoms with van der Waals surface area (Å²) in [4.78, 5) is 6.01. The maximum absolute atomic E-state index is 13.7. The van der Waals surface area contributed by atoms with Crippen molar-refractivity contribution in [3.05, 3.63) is 93.7 Å². The van der Waals surface area contributed by atoms with Gasteiger partial charge in [-0.15, -0.1) is 16.4 Å². The van der Waals surface area contributed by atoms with Crippen molar-refractivity contribution in [2.24, 2.45) is 0 Å². The molecule has 0 amide bonds. The minimum atomic E-state index is -0.248. The molecule has 0 spiro atoms. The predicted octanol–water partition coefficient (Wildman–Crippen LogP) is 3.84. The summed E-state index contributed by atoms with van der Waals surface area (Å²) >= 11 is 1.68. The van der Waals surface area contributed by atoms with Gasteiger partial charge in [0.2, 0.25) is 0 Å². The molecule has 2 aromatic heterocycles. The summed E-state index contributed by atoms with van der Waals surface area (Å²) in [6, 6.07) is 18.8. The van der Waals surface area contributed by atoms with Gasteiger partial charge in [-0.05, 0) is 45.6 Å². The Bertz CT molecular complexity index is 1190. The van der Waals surface area contributed by atoms with Gasteiger partial charge in [-0.2, -0.15) is 0 Å². The average Bonchev–Trinajstić information content (AvgIpc) is 3.55. The van der Waals surface area contributed by atoms with Gasteiger partial charge in [-0.3, -0.25) is 9.80 Å². The highest BCUT2D eigenvalue weighted by Crippen LogP contribution is 2.29. The number of para-hydroxylation sites is 1. The Kier molecular flexibility index (Phi) is 6.94. The topological polar surface area (TPSA) is 59.3 Å². The van der Waals surface area contributed by atoms with Crippen LogP contribution in [0.5, 0.6) is 5.75 Å². The number of rotatable bonds is 8. The number of methoxy groups -OCH3 is 1. The zero-order chi connectivity index (χ0) is 23.3. The zero-order valence-electron chi connectivity index (χ0n) is 19.0. The van der Waals surface area contributed by atoms with Gasteiger partial charge in [-0.25, -0.2) is 9.07 Å². The van der Waals surface area contributed by atoms with Gasteiger partial charge < -0.3 is 4.74 Å². The maximum Gasteiger partial charge on any atom is 0.173 e. The lowest BCUT2D eigenvalue weighted by Gasteiger charge is -2.39. The van der Waals surface area contributed by atoms with Crippen molar-refractivity contribution in [3.8, 4) is 5.75 Å². The van der Waals surface area contributed by atoms with Gasteiger partial charge in [0.25, 0.3) is 0 Å². The largest absolute Gasteiger partial charge is 0.496 e. The Morgan fingerprint density at radius 1 is 0.971 bits per heavy atom. The fourth-order valence-electron chi connectivity index (χ4n) is 4.49. The van der Waals surface area contributed by atoms with E-state index in [9.17, 15) is 4.39 Å². The molecular formula is C25H27FN6OS. The van der Waals surface area contributed by atoms with Gasteiger partial charge in [0.1, 0.15) is 11.6 Å². The van der Waals surface area contributed by atoms with Crippen LogP contribution in [-0.4, -0.2) is 63.3 Å². The molecule has 1 unspecified atom stereocenters. The molecule has 5 rings (SSSR count). The van der Waals surface area contributed by atoms with Gasteiger partial charge >= 0.3 is 0 Å². The van der Waals surface area contributed by atoms with E-state index in [1.807, 2.05) is 41.1 Å². The van der Waals surface area contributed by atoms with E-state index in [-0.39, 0.29) is 11.9 Å². The quantitative estimate of drug-likeness (QED) is 0.384. The second-order valence-electron chi connectivity index (χ2n) is 8.35. The summed E-state index contributed by atoms with van der Waals surface area (Å²) in [7, 11) is 1.71. The minimum absolute atomic E-state index is 0.149. The molecule has 0 radical (unpaired) electrons. The van der Waals surface area contributed by atoms with Crippen LogP contribution in [-0.2, 0) is 13.1 Å². The summed E-state index contributed by atoms with van der Waals surface area (Å²) in [6.07, 6.45) is 0. The SMILES string of the molecule is COc1ccccc1CN1CCN(C(c2ccc(F)cc2)c2nnnn2Cc2cccs2)CC1. The number of tetrazole rings is 1. The third kappa shape index (κ3) is 5.01. The fraction of sp³-hybridized carbons (Fsp3) is 0.320. The van der Waals surface area contributed by atoms with E-state index in [1.165, 1.54) is 22.6 Å². The molecule has 0 aliphatic carbocycles. The first kappa shape index (κ1) is 22.6. The molecular weight excluding hydrogens is 451 g/mol. The Hall–Kier alpha value is -3.14. The summed E-state index contributed by atoms with van der Waals surface area (Å²) in [5.41, 5.74) is 2.18. The molecule has 0 bridgehead atoms. The van der Waals surface area contributed by atoms with Crippen LogP contribution in [0.2, 0.25) is 0 Å². The van der Waals surface area contributed by atoms with Crippen LogP contribution in [0, 0.1) is 5.82 Å². The standard InChI is InChI=1S/C25H27FN6OS/c1-33-23-7-3-2-5-20(23)17-30-12-14-31(15-13-30)24(19-8-10-21(26)11-9-19)25-27-28-29-32(25)18-22-6-4-16-34-22/h2-11,16,24H,12-15,17-18H2,1H3. The first-order chi connectivity index (χ1) is 16.7. The molecule has 0 N–H and O–H groups in total. The lowest BCUT2D eigenvalue weighted by atomic mass is 10.0. The molecule has 1 aliphatic rings. The maximum atomic E-state index is 13.7. The molecule has 34 heavy (non-hydrogen) atoms. The first-order valence-corrected chi connectivity index (χ1v) is 12.2. The number of hydrogen-bond donors (Lipinski definition) is 0. The van der Waals surface area contributed by atoms with Crippen molar-refractivity contribution in [3.63, 3.8) is 0 Å². The third-order valence-electron chi connectivity index (χ3n) is 6.23. The molecule has 7 nitrogen and oxygen atoms in total. The van der Waals surface area contributed by atoms with Gasteiger partial charge in [0.15, 0.2) is 5.82 Å². The van der Waals surface area contributed by atoms with E-state index in [2.05, 4.69) is 42.8 Å². The number of piperazine rings is 1. The molecule has 0 saturated carbocycles. The Morgan fingerprint density at radius 3 is 2.50 bits per heavy atom. The van der Waals surface area contributed by atoms with Crippen LogP contribution in [0.15, 0.2) is 66.0 Å². The van der Waals surface area contributed by atoms with Crippen molar-refractivity contribution in [2.45, 2.75) is 19.1 Å². The molecule has 1 fully saturated rings. The lowest BCUT2D eigenvalue weighted by Crippen LogP contribution is -2.48. The fourth-order valence-corrected chi connectivity index (χ4v) is 5.18. The molecule has 1 atom stereocenters. The second kappa shape index (κ2) is 10.4. The summed E-state index contributed by atoms with van der Waals surface area (Å²) in [5.74, 6) is 1.45. The highest BCUT2D eigenvalue weighted by molar-refractivity contribution is 7.09. The van der Waals surface area contributed by atoms with Crippen LogP contribution in [0.3, 0.4) is 0 Å². The van der Waals surface area contributed by atoms with Crippen LogP contribution in [0.1, 0.15) is 27.9 Å². The monoisotopic (exact) mass is 478 g/mol. The smallest absolute Gasteiger partial charge is 0.173 e. The number of benzene rings is 2. The van der Waals surface area contributed by atoms with E-state index < -0.39 is 0 Å². The van der Waals surface area contributed by atoms with E-state index in [1.54, 1.807) is 18.4 Å². The highest BCUT2D eigenvalue weighted by atomic mass is 32.1. The third-order valence-corrected chi connectivity index (χ3v) is 7.10.